The Balaban J connectivity index is 5.42. The van der Waals surface area contributed by atoms with Gasteiger partial charge in [0.05, 0.1) is 25.7 Å². The summed E-state index contributed by atoms with van der Waals surface area (Å²) in [7, 11) is 0. The smallest absolute Gasteiger partial charge is 0.324 e. The zero-order valence-electron chi connectivity index (χ0n) is 11.1. The number of nitrogens with zero attached hydrogens (tertiary/aromatic N) is 1. The van der Waals surface area contributed by atoms with Gasteiger partial charge in [0.2, 0.25) is 5.91 Å². The largest absolute Gasteiger partial charge is 0.465 e. The maximum absolute atomic E-state index is 12.0. The Morgan fingerprint density at radius 2 is 1.63 bits per heavy atom. The summed E-state index contributed by atoms with van der Waals surface area (Å²) < 4.78 is 9.63. The lowest BCUT2D eigenvalue weighted by Crippen LogP contribution is -2.45. The minimum atomic E-state index is -1.83. The van der Waals surface area contributed by atoms with Crippen molar-refractivity contribution >= 4 is 17.8 Å². The highest BCUT2D eigenvalue weighted by molar-refractivity contribution is 6.03. The average Bonchev–Trinajstić information content (AvgIpc) is 2.34. The van der Waals surface area contributed by atoms with Gasteiger partial charge in [-0.25, -0.2) is 0 Å². The van der Waals surface area contributed by atoms with E-state index in [4.69, 9.17) is 20.5 Å². The molecule has 106 valence electrons. The van der Waals surface area contributed by atoms with Crippen LogP contribution in [-0.2, 0) is 23.9 Å². The first-order valence-corrected chi connectivity index (χ1v) is 5.94. The molecule has 0 aromatic heterocycles. The van der Waals surface area contributed by atoms with E-state index in [1.54, 1.807) is 13.8 Å². The summed E-state index contributed by atoms with van der Waals surface area (Å²) in [4.78, 5) is 35.1. The summed E-state index contributed by atoms with van der Waals surface area (Å²) in [5.74, 6) is -2.61. The highest BCUT2D eigenvalue weighted by atomic mass is 16.6. The number of hydrogen-bond donors (Lipinski definition) is 1. The summed E-state index contributed by atoms with van der Waals surface area (Å²) in [6.45, 7) is 3.24. The van der Waals surface area contributed by atoms with Crippen molar-refractivity contribution in [3.8, 4) is 6.07 Å². The summed E-state index contributed by atoms with van der Waals surface area (Å²) in [5.41, 5.74) is 3.25. The molecule has 0 aromatic carbocycles. The monoisotopic (exact) mass is 270 g/mol. The second-order valence-electron chi connectivity index (χ2n) is 3.82. The summed E-state index contributed by atoms with van der Waals surface area (Å²) in [6, 6.07) is 1.82. The molecule has 2 N–H and O–H groups in total. The van der Waals surface area contributed by atoms with Crippen LogP contribution in [-0.4, -0.2) is 31.1 Å². The molecular weight excluding hydrogens is 252 g/mol. The van der Waals surface area contributed by atoms with Gasteiger partial charge in [-0.1, -0.05) is 0 Å². The molecule has 0 rings (SSSR count). The second kappa shape index (κ2) is 8.08. The lowest BCUT2D eigenvalue weighted by atomic mass is 9.79. The number of primary amides is 1. The molecule has 0 saturated carbocycles. The van der Waals surface area contributed by atoms with Gasteiger partial charge >= 0.3 is 11.9 Å². The molecule has 19 heavy (non-hydrogen) atoms. The predicted molar refractivity (Wildman–Crippen MR) is 64.4 cm³/mol. The molecule has 0 fully saturated rings. The van der Waals surface area contributed by atoms with Gasteiger partial charge in [0.1, 0.15) is 0 Å². The lowest BCUT2D eigenvalue weighted by molar-refractivity contribution is -0.174. The van der Waals surface area contributed by atoms with Crippen molar-refractivity contribution in [2.75, 3.05) is 13.2 Å². The third-order valence-electron chi connectivity index (χ3n) is 2.47. The van der Waals surface area contributed by atoms with E-state index in [-0.39, 0.29) is 26.1 Å². The van der Waals surface area contributed by atoms with Crippen molar-refractivity contribution in [3.05, 3.63) is 0 Å². The first kappa shape index (κ1) is 16.9. The van der Waals surface area contributed by atoms with E-state index in [2.05, 4.69) is 0 Å². The van der Waals surface area contributed by atoms with Crippen molar-refractivity contribution in [1.29, 1.82) is 5.26 Å². The second-order valence-corrected chi connectivity index (χ2v) is 3.82. The Morgan fingerprint density at radius 3 is 1.95 bits per heavy atom. The molecule has 7 nitrogen and oxygen atoms in total. The molecule has 0 radical (unpaired) electrons. The summed E-state index contributed by atoms with van der Waals surface area (Å²) in [5, 5.41) is 8.62. The van der Waals surface area contributed by atoms with Crippen molar-refractivity contribution in [3.63, 3.8) is 0 Å². The van der Waals surface area contributed by atoms with Crippen LogP contribution in [0.25, 0.3) is 0 Å². The molecule has 0 spiro atoms. The Morgan fingerprint density at radius 1 is 1.16 bits per heavy atom. The Hall–Kier alpha value is -2.10. The maximum atomic E-state index is 12.0. The van der Waals surface area contributed by atoms with Gasteiger partial charge in [0.15, 0.2) is 5.41 Å². The number of nitriles is 1. The number of nitrogens with two attached hydrogens (primary N) is 1. The molecule has 0 aliphatic rings. The van der Waals surface area contributed by atoms with Gasteiger partial charge in [-0.05, 0) is 20.3 Å². The Bertz CT molecular complexity index is 368. The van der Waals surface area contributed by atoms with Crippen LogP contribution < -0.4 is 5.73 Å². The standard InChI is InChI=1S/C12H18N2O5/c1-3-18-10(16)12(6-5-7-13,8-9(14)15)11(17)19-4-2/h3-6,8H2,1-2H3,(H2,14,15). The van der Waals surface area contributed by atoms with E-state index in [0.29, 0.717) is 0 Å². The molecule has 0 atom stereocenters. The predicted octanol–water partition coefficient (Wildman–Crippen LogP) is 0.278. The lowest BCUT2D eigenvalue weighted by Gasteiger charge is -2.27. The SMILES string of the molecule is CCOC(=O)C(CCC#N)(CC(N)=O)C(=O)OCC. The highest BCUT2D eigenvalue weighted by Gasteiger charge is 2.49. The van der Waals surface area contributed by atoms with Gasteiger partial charge in [0.25, 0.3) is 0 Å². The molecule has 0 bridgehead atoms. The van der Waals surface area contributed by atoms with E-state index in [1.807, 2.05) is 6.07 Å². The highest BCUT2D eigenvalue weighted by Crippen LogP contribution is 2.32. The van der Waals surface area contributed by atoms with Crippen molar-refractivity contribution in [2.45, 2.75) is 33.1 Å². The molecule has 1 amide bonds. The normalized spacial score (nSPS) is 10.4. The third-order valence-corrected chi connectivity index (χ3v) is 2.47. The van der Waals surface area contributed by atoms with Gasteiger partial charge in [-0.15, -0.1) is 0 Å². The van der Waals surface area contributed by atoms with Crippen LogP contribution >= 0.6 is 0 Å². The Labute approximate surface area is 111 Å². The maximum Gasteiger partial charge on any atom is 0.324 e. The van der Waals surface area contributed by atoms with E-state index in [0.717, 1.165) is 0 Å². The zero-order chi connectivity index (χ0) is 14.9. The van der Waals surface area contributed by atoms with Crippen LogP contribution in [0.5, 0.6) is 0 Å². The van der Waals surface area contributed by atoms with E-state index in [9.17, 15) is 14.4 Å². The van der Waals surface area contributed by atoms with Crippen LogP contribution in [0.2, 0.25) is 0 Å². The van der Waals surface area contributed by atoms with Gasteiger partial charge in [0, 0.05) is 6.42 Å². The topological polar surface area (TPSA) is 119 Å². The van der Waals surface area contributed by atoms with E-state index in [1.165, 1.54) is 0 Å². The van der Waals surface area contributed by atoms with E-state index >= 15 is 0 Å². The summed E-state index contributed by atoms with van der Waals surface area (Å²) in [6.07, 6.45) is -0.790. The van der Waals surface area contributed by atoms with Crippen LogP contribution in [0.15, 0.2) is 0 Å². The Kier molecular flexibility index (Phi) is 7.19. The van der Waals surface area contributed by atoms with Crippen LogP contribution in [0.3, 0.4) is 0 Å². The molecule has 0 aliphatic heterocycles. The minimum absolute atomic E-state index is 0.0469. The van der Waals surface area contributed by atoms with Crippen LogP contribution in [0, 0.1) is 16.7 Å². The molecule has 0 aliphatic carbocycles. The number of rotatable bonds is 8. The van der Waals surface area contributed by atoms with Gasteiger partial charge in [-0.2, -0.15) is 5.26 Å². The summed E-state index contributed by atoms with van der Waals surface area (Å²) >= 11 is 0. The van der Waals surface area contributed by atoms with Crippen molar-refractivity contribution in [2.24, 2.45) is 11.1 Å². The fraction of sp³-hybridized carbons (Fsp3) is 0.667. The number of ether oxygens (including phenoxy) is 2. The quantitative estimate of drug-likeness (QED) is 0.499. The molecule has 0 unspecified atom stereocenters. The first-order valence-electron chi connectivity index (χ1n) is 5.94. The van der Waals surface area contributed by atoms with Gasteiger partial charge in [-0.3, -0.25) is 14.4 Å². The van der Waals surface area contributed by atoms with Crippen LogP contribution in [0.4, 0.5) is 0 Å². The average molecular weight is 270 g/mol. The molecule has 0 heterocycles. The first-order chi connectivity index (χ1) is 8.94. The number of hydrogen-bond acceptors (Lipinski definition) is 6. The molecule has 0 saturated heterocycles. The third kappa shape index (κ3) is 4.58. The molecule has 0 aromatic rings. The van der Waals surface area contributed by atoms with E-state index < -0.39 is 29.7 Å². The van der Waals surface area contributed by atoms with Gasteiger partial charge < -0.3 is 15.2 Å². The fourth-order valence-corrected chi connectivity index (χ4v) is 1.63. The fourth-order valence-electron chi connectivity index (χ4n) is 1.63. The number of carbonyl (C=O) groups excluding carboxylic acids is 3. The van der Waals surface area contributed by atoms with Crippen LogP contribution in [0.1, 0.15) is 33.1 Å². The number of amides is 1. The number of esters is 2. The minimum Gasteiger partial charge on any atom is -0.465 e. The van der Waals surface area contributed by atoms with Crippen molar-refractivity contribution < 1.29 is 23.9 Å². The number of carbonyl (C=O) groups is 3. The molecule has 7 heteroatoms. The zero-order valence-corrected chi connectivity index (χ0v) is 11.1. The molecular formula is C12H18N2O5. The van der Waals surface area contributed by atoms with Crippen molar-refractivity contribution in [1.82, 2.24) is 0 Å².